The van der Waals surface area contributed by atoms with Crippen LogP contribution in [0, 0.1) is 0 Å². The van der Waals surface area contributed by atoms with Crippen LogP contribution in [0.3, 0.4) is 0 Å². The second-order valence-electron chi connectivity index (χ2n) is 5.44. The molecule has 0 aliphatic carbocycles. The number of aromatic hydroxyl groups is 1. The van der Waals surface area contributed by atoms with E-state index in [1.54, 1.807) is 12.1 Å². The van der Waals surface area contributed by atoms with Crippen molar-refractivity contribution in [2.75, 3.05) is 6.61 Å². The molecule has 3 aromatic rings. The number of hydrogen-bond donors (Lipinski definition) is 1. The fourth-order valence-electron chi connectivity index (χ4n) is 2.61. The number of benzene rings is 3. The molecule has 1 N–H and O–H groups in total. The lowest BCUT2D eigenvalue weighted by Gasteiger charge is -2.10. The molecule has 0 radical (unpaired) electrons. The Morgan fingerprint density at radius 2 is 1.82 bits per heavy atom. The molecule has 0 atom stereocenters. The van der Waals surface area contributed by atoms with Crippen molar-refractivity contribution >= 4 is 10.8 Å². The summed E-state index contributed by atoms with van der Waals surface area (Å²) < 4.78 is 5.80. The monoisotopic (exact) mass is 292 g/mol. The highest BCUT2D eigenvalue weighted by atomic mass is 16.5. The normalized spacial score (nSPS) is 10.8. The van der Waals surface area contributed by atoms with Crippen LogP contribution in [0.4, 0.5) is 0 Å². The zero-order valence-corrected chi connectivity index (χ0v) is 12.8. The fourth-order valence-corrected chi connectivity index (χ4v) is 2.61. The third kappa shape index (κ3) is 3.06. The van der Waals surface area contributed by atoms with Gasteiger partial charge >= 0.3 is 0 Å². The predicted octanol–water partition coefficient (Wildman–Crippen LogP) is 5.39. The van der Waals surface area contributed by atoms with E-state index >= 15 is 0 Å². The Labute approximate surface area is 131 Å². The van der Waals surface area contributed by atoms with E-state index in [1.165, 1.54) is 0 Å². The number of phenols is 1. The molecule has 0 amide bonds. The van der Waals surface area contributed by atoms with Crippen molar-refractivity contribution in [3.63, 3.8) is 0 Å². The molecule has 0 aliphatic heterocycles. The van der Waals surface area contributed by atoms with Gasteiger partial charge in [-0.15, -0.1) is 0 Å². The molecule has 0 heterocycles. The number of unbranched alkanes of at least 4 members (excludes halogenated alkanes) is 1. The summed E-state index contributed by atoms with van der Waals surface area (Å²) in [6, 6.07) is 19.8. The molecule has 0 aromatic heterocycles. The van der Waals surface area contributed by atoms with Crippen LogP contribution in [0.2, 0.25) is 0 Å². The molecule has 22 heavy (non-hydrogen) atoms. The first-order chi connectivity index (χ1) is 10.8. The summed E-state index contributed by atoms with van der Waals surface area (Å²) in [4.78, 5) is 0. The van der Waals surface area contributed by atoms with E-state index in [2.05, 4.69) is 25.1 Å². The first-order valence-corrected chi connectivity index (χ1v) is 7.73. The van der Waals surface area contributed by atoms with E-state index in [0.29, 0.717) is 5.75 Å². The molecule has 0 bridgehead atoms. The zero-order valence-electron chi connectivity index (χ0n) is 12.8. The number of fused-ring (bicyclic) bond motifs is 1. The Morgan fingerprint density at radius 3 is 2.68 bits per heavy atom. The number of hydrogen-bond acceptors (Lipinski definition) is 2. The maximum absolute atomic E-state index is 9.64. The Hall–Kier alpha value is -2.48. The van der Waals surface area contributed by atoms with Crippen molar-refractivity contribution in [2.45, 2.75) is 19.8 Å². The standard InChI is InChI=1S/C20H20O2/c1-2-3-12-22-18-8-4-6-16(14-18)19-9-5-7-15-13-17(21)10-11-20(15)19/h4-11,13-14,21H,2-3,12H2,1H3. The number of phenolic OH excluding ortho intramolecular Hbond substituents is 1. The summed E-state index contributed by atoms with van der Waals surface area (Å²) in [6.07, 6.45) is 2.20. The smallest absolute Gasteiger partial charge is 0.119 e. The maximum Gasteiger partial charge on any atom is 0.119 e. The van der Waals surface area contributed by atoms with Crippen LogP contribution in [0.5, 0.6) is 11.5 Å². The summed E-state index contributed by atoms with van der Waals surface area (Å²) >= 11 is 0. The van der Waals surface area contributed by atoms with Crippen molar-refractivity contribution < 1.29 is 9.84 Å². The molecule has 2 nitrogen and oxygen atoms in total. The van der Waals surface area contributed by atoms with Gasteiger partial charge in [0.2, 0.25) is 0 Å². The van der Waals surface area contributed by atoms with Crippen LogP contribution < -0.4 is 4.74 Å². The molecule has 0 unspecified atom stereocenters. The largest absolute Gasteiger partial charge is 0.508 e. The van der Waals surface area contributed by atoms with Crippen LogP contribution in [0.1, 0.15) is 19.8 Å². The van der Waals surface area contributed by atoms with Crippen molar-refractivity contribution in [3.05, 3.63) is 60.7 Å². The van der Waals surface area contributed by atoms with Gasteiger partial charge in [0, 0.05) is 0 Å². The lowest BCUT2D eigenvalue weighted by atomic mass is 9.98. The average Bonchev–Trinajstić information content (AvgIpc) is 2.54. The average molecular weight is 292 g/mol. The van der Waals surface area contributed by atoms with E-state index in [0.717, 1.165) is 47.1 Å². The summed E-state index contributed by atoms with van der Waals surface area (Å²) in [5.41, 5.74) is 2.28. The van der Waals surface area contributed by atoms with Crippen LogP contribution in [-0.4, -0.2) is 11.7 Å². The highest BCUT2D eigenvalue weighted by Gasteiger charge is 2.05. The zero-order chi connectivity index (χ0) is 15.4. The van der Waals surface area contributed by atoms with Gasteiger partial charge in [-0.3, -0.25) is 0 Å². The summed E-state index contributed by atoms with van der Waals surface area (Å²) in [6.45, 7) is 2.91. The molecule has 0 saturated carbocycles. The van der Waals surface area contributed by atoms with Crippen LogP contribution >= 0.6 is 0 Å². The summed E-state index contributed by atoms with van der Waals surface area (Å²) in [5.74, 6) is 1.20. The summed E-state index contributed by atoms with van der Waals surface area (Å²) in [5, 5.41) is 11.8. The van der Waals surface area contributed by atoms with Gasteiger partial charge < -0.3 is 9.84 Å². The van der Waals surface area contributed by atoms with Gasteiger partial charge in [-0.05, 0) is 52.6 Å². The van der Waals surface area contributed by atoms with E-state index in [1.807, 2.05) is 30.3 Å². The Morgan fingerprint density at radius 1 is 0.955 bits per heavy atom. The van der Waals surface area contributed by atoms with Crippen LogP contribution in [0.25, 0.3) is 21.9 Å². The highest BCUT2D eigenvalue weighted by Crippen LogP contribution is 2.32. The minimum absolute atomic E-state index is 0.293. The number of ether oxygens (including phenoxy) is 1. The summed E-state index contributed by atoms with van der Waals surface area (Å²) in [7, 11) is 0. The van der Waals surface area contributed by atoms with E-state index in [-0.39, 0.29) is 0 Å². The molecule has 0 saturated heterocycles. The lowest BCUT2D eigenvalue weighted by Crippen LogP contribution is -1.96. The van der Waals surface area contributed by atoms with Gasteiger partial charge in [0.25, 0.3) is 0 Å². The SMILES string of the molecule is CCCCOc1cccc(-c2cccc3cc(O)ccc23)c1. The first kappa shape index (κ1) is 14.5. The van der Waals surface area contributed by atoms with E-state index in [4.69, 9.17) is 4.74 Å². The van der Waals surface area contributed by atoms with Gasteiger partial charge in [0.1, 0.15) is 11.5 Å². The topological polar surface area (TPSA) is 29.5 Å². The molecule has 2 heteroatoms. The van der Waals surface area contributed by atoms with Gasteiger partial charge in [-0.1, -0.05) is 49.7 Å². The third-order valence-corrected chi connectivity index (χ3v) is 3.78. The lowest BCUT2D eigenvalue weighted by molar-refractivity contribution is 0.309. The molecule has 0 aliphatic rings. The molecule has 112 valence electrons. The second kappa shape index (κ2) is 6.52. The minimum Gasteiger partial charge on any atom is -0.508 e. The number of rotatable bonds is 5. The molecule has 0 fully saturated rings. The van der Waals surface area contributed by atoms with Crippen LogP contribution in [-0.2, 0) is 0 Å². The van der Waals surface area contributed by atoms with Gasteiger partial charge in [-0.2, -0.15) is 0 Å². The van der Waals surface area contributed by atoms with E-state index < -0.39 is 0 Å². The maximum atomic E-state index is 9.64. The van der Waals surface area contributed by atoms with Crippen molar-refractivity contribution in [2.24, 2.45) is 0 Å². The molecule has 0 spiro atoms. The third-order valence-electron chi connectivity index (χ3n) is 3.78. The Bertz CT molecular complexity index is 778. The molecule has 3 aromatic carbocycles. The van der Waals surface area contributed by atoms with Crippen molar-refractivity contribution in [1.82, 2.24) is 0 Å². The van der Waals surface area contributed by atoms with Gasteiger partial charge in [0.05, 0.1) is 6.61 Å². The second-order valence-corrected chi connectivity index (χ2v) is 5.44. The van der Waals surface area contributed by atoms with Crippen LogP contribution in [0.15, 0.2) is 60.7 Å². The molecule has 3 rings (SSSR count). The quantitative estimate of drug-likeness (QED) is 0.639. The van der Waals surface area contributed by atoms with E-state index in [9.17, 15) is 5.11 Å². The minimum atomic E-state index is 0.293. The fraction of sp³-hybridized carbons (Fsp3) is 0.200. The molecular formula is C20H20O2. The Balaban J connectivity index is 1.99. The predicted molar refractivity (Wildman–Crippen MR) is 91.5 cm³/mol. The Kier molecular flexibility index (Phi) is 4.29. The first-order valence-electron chi connectivity index (χ1n) is 7.73. The van der Waals surface area contributed by atoms with Gasteiger partial charge in [-0.25, -0.2) is 0 Å². The van der Waals surface area contributed by atoms with Crippen molar-refractivity contribution in [3.8, 4) is 22.6 Å². The van der Waals surface area contributed by atoms with Gasteiger partial charge in [0.15, 0.2) is 0 Å². The molecular weight excluding hydrogens is 272 g/mol. The highest BCUT2D eigenvalue weighted by molar-refractivity contribution is 5.97. The van der Waals surface area contributed by atoms with Crippen molar-refractivity contribution in [1.29, 1.82) is 0 Å².